The average Bonchev–Trinajstić information content (AvgIpc) is 2.61. The molecule has 1 heterocycles. The lowest BCUT2D eigenvalue weighted by atomic mass is 9.95. The Morgan fingerprint density at radius 3 is 2.57 bits per heavy atom. The standard InChI is InChI=1S/C19H15N2O2/c20-17(19(23)18(22)15-8-4-10-21-12-15)11-14-7-3-6-13-5-1-2-9-16(13)14/h1-12,17H,20H2/t17-/m0/s1. The van der Waals surface area contributed by atoms with Crippen molar-refractivity contribution in [3.63, 3.8) is 0 Å². The minimum atomic E-state index is -0.992. The van der Waals surface area contributed by atoms with Crippen molar-refractivity contribution >= 4 is 22.3 Å². The molecule has 3 rings (SSSR count). The van der Waals surface area contributed by atoms with E-state index in [1.165, 1.54) is 6.20 Å². The molecule has 1 aromatic heterocycles. The highest BCUT2D eigenvalue weighted by atomic mass is 16.2. The first kappa shape index (κ1) is 15.1. The number of carbonyl (C=O) groups is 2. The van der Waals surface area contributed by atoms with Crippen LogP contribution in [0, 0.1) is 6.42 Å². The van der Waals surface area contributed by atoms with Crippen LogP contribution >= 0.6 is 0 Å². The number of ketones is 2. The normalized spacial score (nSPS) is 12.0. The molecule has 4 nitrogen and oxygen atoms in total. The average molecular weight is 303 g/mol. The summed E-state index contributed by atoms with van der Waals surface area (Å²) in [5, 5.41) is 2.05. The van der Waals surface area contributed by atoms with Crippen LogP contribution in [-0.2, 0) is 4.79 Å². The summed E-state index contributed by atoms with van der Waals surface area (Å²) in [6.07, 6.45) is 4.53. The number of aromatic nitrogens is 1. The molecule has 0 spiro atoms. The van der Waals surface area contributed by atoms with E-state index < -0.39 is 17.6 Å². The summed E-state index contributed by atoms with van der Waals surface area (Å²) in [7, 11) is 0. The molecule has 0 saturated heterocycles. The Bertz CT molecular complexity index is 854. The molecule has 1 radical (unpaired) electrons. The summed E-state index contributed by atoms with van der Waals surface area (Å²) >= 11 is 0. The fourth-order valence-electron chi connectivity index (χ4n) is 2.46. The molecule has 0 aliphatic heterocycles. The van der Waals surface area contributed by atoms with Gasteiger partial charge in [-0.25, -0.2) is 0 Å². The molecule has 0 fully saturated rings. The third-order valence-electron chi connectivity index (χ3n) is 3.63. The number of carbonyl (C=O) groups excluding carboxylic acids is 2. The van der Waals surface area contributed by atoms with Gasteiger partial charge in [-0.3, -0.25) is 14.6 Å². The number of rotatable bonds is 5. The van der Waals surface area contributed by atoms with Crippen molar-refractivity contribution < 1.29 is 9.59 Å². The van der Waals surface area contributed by atoms with Gasteiger partial charge in [-0.1, -0.05) is 42.5 Å². The second-order valence-corrected chi connectivity index (χ2v) is 5.20. The molecule has 2 aromatic carbocycles. The number of hydrogen-bond acceptors (Lipinski definition) is 4. The number of nitrogens with zero attached hydrogens (tertiary/aromatic N) is 1. The Hall–Kier alpha value is -2.85. The van der Waals surface area contributed by atoms with E-state index in [1.807, 2.05) is 42.5 Å². The van der Waals surface area contributed by atoms with Crippen molar-refractivity contribution in [2.75, 3.05) is 0 Å². The molecular weight excluding hydrogens is 288 g/mol. The Morgan fingerprint density at radius 2 is 1.78 bits per heavy atom. The molecule has 4 heteroatoms. The smallest absolute Gasteiger partial charge is 0.231 e. The first-order chi connectivity index (χ1) is 11.2. The first-order valence-corrected chi connectivity index (χ1v) is 7.23. The van der Waals surface area contributed by atoms with Crippen molar-refractivity contribution in [2.24, 2.45) is 5.73 Å². The number of fused-ring (bicyclic) bond motifs is 1. The van der Waals surface area contributed by atoms with E-state index in [9.17, 15) is 9.59 Å². The van der Waals surface area contributed by atoms with Crippen molar-refractivity contribution in [2.45, 2.75) is 6.04 Å². The number of hydrogen-bond donors (Lipinski definition) is 1. The van der Waals surface area contributed by atoms with Crippen LogP contribution in [0.5, 0.6) is 0 Å². The Morgan fingerprint density at radius 1 is 1.00 bits per heavy atom. The largest absolute Gasteiger partial charge is 0.321 e. The third kappa shape index (κ3) is 3.17. The summed E-state index contributed by atoms with van der Waals surface area (Å²) in [4.78, 5) is 28.2. The maximum Gasteiger partial charge on any atom is 0.231 e. The molecule has 0 aliphatic carbocycles. The van der Waals surface area contributed by atoms with Crippen LogP contribution in [0.25, 0.3) is 10.8 Å². The predicted octanol–water partition coefficient (Wildman–Crippen LogP) is 2.57. The molecule has 0 aliphatic rings. The van der Waals surface area contributed by atoms with E-state index in [0.29, 0.717) is 0 Å². The Labute approximate surface area is 134 Å². The maximum atomic E-state index is 12.3. The van der Waals surface area contributed by atoms with Crippen LogP contribution < -0.4 is 5.73 Å². The predicted molar refractivity (Wildman–Crippen MR) is 88.9 cm³/mol. The van der Waals surface area contributed by atoms with E-state index in [-0.39, 0.29) is 5.56 Å². The zero-order valence-electron chi connectivity index (χ0n) is 12.3. The van der Waals surface area contributed by atoms with Gasteiger partial charge in [-0.2, -0.15) is 0 Å². The van der Waals surface area contributed by atoms with E-state index in [4.69, 9.17) is 5.73 Å². The van der Waals surface area contributed by atoms with Crippen LogP contribution in [0.3, 0.4) is 0 Å². The maximum absolute atomic E-state index is 12.3. The minimum absolute atomic E-state index is 0.249. The van der Waals surface area contributed by atoms with Crippen LogP contribution in [0.2, 0.25) is 0 Å². The molecule has 0 saturated carbocycles. The summed E-state index contributed by atoms with van der Waals surface area (Å²) in [5.74, 6) is -1.27. The molecule has 0 bridgehead atoms. The lowest BCUT2D eigenvalue weighted by molar-refractivity contribution is -0.115. The quantitative estimate of drug-likeness (QED) is 0.581. The van der Waals surface area contributed by atoms with Gasteiger partial charge >= 0.3 is 0 Å². The van der Waals surface area contributed by atoms with E-state index in [0.717, 1.165) is 16.3 Å². The molecule has 23 heavy (non-hydrogen) atoms. The van der Waals surface area contributed by atoms with Crippen LogP contribution in [0.15, 0.2) is 67.0 Å². The lowest BCUT2D eigenvalue weighted by Crippen LogP contribution is -2.36. The van der Waals surface area contributed by atoms with Crippen molar-refractivity contribution in [3.8, 4) is 0 Å². The number of pyridine rings is 1. The molecule has 113 valence electrons. The van der Waals surface area contributed by atoms with Crippen LogP contribution in [-0.4, -0.2) is 22.6 Å². The van der Waals surface area contributed by atoms with Crippen molar-refractivity contribution in [3.05, 3.63) is 84.5 Å². The zero-order chi connectivity index (χ0) is 16.2. The van der Waals surface area contributed by atoms with Gasteiger partial charge in [0, 0.05) is 24.4 Å². The summed E-state index contributed by atoms with van der Waals surface area (Å²) in [6.45, 7) is 0. The van der Waals surface area contributed by atoms with E-state index in [1.54, 1.807) is 24.8 Å². The molecule has 2 N–H and O–H groups in total. The van der Waals surface area contributed by atoms with Gasteiger partial charge in [0.25, 0.3) is 0 Å². The first-order valence-electron chi connectivity index (χ1n) is 7.23. The SMILES string of the molecule is N[C@@H]([CH]c1cccc2ccccc12)C(=O)C(=O)c1cccnc1. The molecule has 3 aromatic rings. The van der Waals surface area contributed by atoms with E-state index in [2.05, 4.69) is 4.98 Å². The second-order valence-electron chi connectivity index (χ2n) is 5.20. The number of benzene rings is 2. The Balaban J connectivity index is 1.82. The van der Waals surface area contributed by atoms with Gasteiger partial charge in [0.15, 0.2) is 0 Å². The van der Waals surface area contributed by atoms with Gasteiger partial charge in [0.1, 0.15) is 0 Å². The molecule has 1 atom stereocenters. The van der Waals surface area contributed by atoms with Crippen LogP contribution in [0.4, 0.5) is 0 Å². The van der Waals surface area contributed by atoms with Crippen molar-refractivity contribution in [1.29, 1.82) is 0 Å². The highest BCUT2D eigenvalue weighted by molar-refractivity contribution is 6.45. The van der Waals surface area contributed by atoms with Crippen molar-refractivity contribution in [1.82, 2.24) is 4.98 Å². The molecule has 0 amide bonds. The van der Waals surface area contributed by atoms with Gasteiger partial charge in [0.2, 0.25) is 11.6 Å². The fourth-order valence-corrected chi connectivity index (χ4v) is 2.46. The van der Waals surface area contributed by atoms with Gasteiger partial charge in [0.05, 0.1) is 6.04 Å². The highest BCUT2D eigenvalue weighted by Crippen LogP contribution is 2.21. The fraction of sp³-hybridized carbons (Fsp3) is 0.0526. The summed E-state index contributed by atoms with van der Waals surface area (Å²) in [6, 6.07) is 15.8. The lowest BCUT2D eigenvalue weighted by Gasteiger charge is -2.11. The number of nitrogens with two attached hydrogens (primary N) is 1. The zero-order valence-corrected chi connectivity index (χ0v) is 12.3. The topological polar surface area (TPSA) is 73.1 Å². The van der Waals surface area contributed by atoms with Gasteiger partial charge in [-0.05, 0) is 28.5 Å². The second kappa shape index (κ2) is 6.50. The Kier molecular flexibility index (Phi) is 4.26. The van der Waals surface area contributed by atoms with Crippen LogP contribution in [0.1, 0.15) is 15.9 Å². The molecular formula is C19H15N2O2. The number of Topliss-reactive ketones (excluding diaryl/α,β-unsaturated/α-hetero) is 2. The third-order valence-corrected chi connectivity index (χ3v) is 3.63. The minimum Gasteiger partial charge on any atom is -0.321 e. The molecule has 0 unspecified atom stereocenters. The summed E-state index contributed by atoms with van der Waals surface area (Å²) in [5.41, 5.74) is 7.02. The highest BCUT2D eigenvalue weighted by Gasteiger charge is 2.24. The monoisotopic (exact) mass is 303 g/mol. The van der Waals surface area contributed by atoms with Gasteiger partial charge < -0.3 is 5.73 Å². The summed E-state index contributed by atoms with van der Waals surface area (Å²) < 4.78 is 0. The van der Waals surface area contributed by atoms with Gasteiger partial charge in [-0.15, -0.1) is 0 Å². The van der Waals surface area contributed by atoms with E-state index >= 15 is 0 Å².